The van der Waals surface area contributed by atoms with E-state index in [9.17, 15) is 22.0 Å². The van der Waals surface area contributed by atoms with Crippen molar-refractivity contribution in [2.24, 2.45) is 0 Å². The lowest BCUT2D eigenvalue weighted by Crippen LogP contribution is -2.41. The maximum absolute atomic E-state index is 13.4. The van der Waals surface area contributed by atoms with E-state index in [-0.39, 0.29) is 0 Å². The molecule has 0 aliphatic carbocycles. The summed E-state index contributed by atoms with van der Waals surface area (Å²) in [5.41, 5.74) is 0. The summed E-state index contributed by atoms with van der Waals surface area (Å²) in [7, 11) is -4.89. The molecule has 1 rings (SSSR count). The minimum Gasteiger partial charge on any atom is -0.349 e. The molecule has 0 aliphatic heterocycles. The molecule has 0 aromatic carbocycles. The largest absolute Gasteiger partial charge is 0.368 e. The van der Waals surface area contributed by atoms with Crippen molar-refractivity contribution < 1.29 is 22.0 Å². The van der Waals surface area contributed by atoms with Gasteiger partial charge in [-0.2, -0.15) is 8.78 Å². The molecule has 1 amide bonds. The van der Waals surface area contributed by atoms with Crippen LogP contribution >= 0.6 is 0 Å². The first-order chi connectivity index (χ1) is 7.77. The highest BCUT2D eigenvalue weighted by molar-refractivity contribution is 7.92. The van der Waals surface area contributed by atoms with Crippen LogP contribution in [0.2, 0.25) is 0 Å². The van der Waals surface area contributed by atoms with Crippen molar-refractivity contribution in [1.29, 1.82) is 0 Å². The summed E-state index contributed by atoms with van der Waals surface area (Å²) in [4.78, 5) is 13.9. The zero-order valence-corrected chi connectivity index (χ0v) is 9.67. The average Bonchev–Trinajstić information content (AvgIpc) is 2.27. The summed E-state index contributed by atoms with van der Waals surface area (Å²) < 4.78 is 49.8. The van der Waals surface area contributed by atoms with Crippen molar-refractivity contribution in [3.05, 3.63) is 24.4 Å². The Bertz CT molecular complexity index is 502. The summed E-state index contributed by atoms with van der Waals surface area (Å²) in [6.07, 6.45) is 1.10. The third kappa shape index (κ3) is 2.96. The van der Waals surface area contributed by atoms with Crippen LogP contribution in [0.1, 0.15) is 6.92 Å². The van der Waals surface area contributed by atoms with E-state index in [0.717, 1.165) is 19.2 Å². The Morgan fingerprint density at radius 2 is 2.12 bits per heavy atom. The molecule has 0 saturated heterocycles. The van der Waals surface area contributed by atoms with Crippen LogP contribution in [-0.4, -0.2) is 31.1 Å². The third-order valence-electron chi connectivity index (χ3n) is 1.85. The first-order valence-electron chi connectivity index (χ1n) is 4.55. The van der Waals surface area contributed by atoms with Gasteiger partial charge in [0, 0.05) is 13.1 Å². The minimum atomic E-state index is -4.89. The SMILES string of the molecule is CC(=O)NCC(F)(F)S(=O)(=O)c1ccccn1. The first kappa shape index (κ1) is 13.5. The zero-order chi connectivity index (χ0) is 13.1. The van der Waals surface area contributed by atoms with Gasteiger partial charge in [0.15, 0.2) is 5.03 Å². The number of nitrogens with one attached hydrogen (secondary N) is 1. The quantitative estimate of drug-likeness (QED) is 0.863. The fraction of sp³-hybridized carbons (Fsp3) is 0.333. The standard InChI is InChI=1S/C9H10F2N2O3S/c1-7(14)13-6-9(10,11)17(15,16)8-4-2-3-5-12-8/h2-5H,6H2,1H3,(H,13,14). The Balaban J connectivity index is 3.01. The van der Waals surface area contributed by atoms with Gasteiger partial charge in [0.1, 0.15) is 0 Å². The number of carbonyl (C=O) groups excluding carboxylic acids is 1. The van der Waals surface area contributed by atoms with Crippen LogP contribution in [-0.2, 0) is 14.6 Å². The normalized spacial score (nSPS) is 12.2. The molecule has 5 nitrogen and oxygen atoms in total. The molecule has 0 bridgehead atoms. The number of sulfone groups is 1. The lowest BCUT2D eigenvalue weighted by molar-refractivity contribution is -0.119. The summed E-state index contributed by atoms with van der Waals surface area (Å²) in [5, 5.41) is -3.05. The summed E-state index contributed by atoms with van der Waals surface area (Å²) in [6.45, 7) is -0.259. The molecule has 1 heterocycles. The molecule has 1 N–H and O–H groups in total. The number of carbonyl (C=O) groups is 1. The molecule has 0 saturated carbocycles. The average molecular weight is 264 g/mol. The molecule has 0 atom stereocenters. The molecule has 0 radical (unpaired) electrons. The lowest BCUT2D eigenvalue weighted by Gasteiger charge is -2.16. The Labute approximate surface area is 96.8 Å². The molecular weight excluding hydrogens is 254 g/mol. The number of rotatable bonds is 4. The van der Waals surface area contributed by atoms with E-state index >= 15 is 0 Å². The topological polar surface area (TPSA) is 76.1 Å². The summed E-state index contributed by atoms with van der Waals surface area (Å²) >= 11 is 0. The maximum Gasteiger partial charge on any atom is 0.368 e. The molecule has 1 aromatic heterocycles. The lowest BCUT2D eigenvalue weighted by atomic mass is 10.5. The number of pyridine rings is 1. The van der Waals surface area contributed by atoms with Crippen molar-refractivity contribution in [3.8, 4) is 0 Å². The van der Waals surface area contributed by atoms with Crippen LogP contribution in [0.25, 0.3) is 0 Å². The molecule has 17 heavy (non-hydrogen) atoms. The van der Waals surface area contributed by atoms with Crippen LogP contribution in [0.4, 0.5) is 8.78 Å². The number of hydrogen-bond acceptors (Lipinski definition) is 4. The fourth-order valence-electron chi connectivity index (χ4n) is 0.981. The van der Waals surface area contributed by atoms with Crippen molar-refractivity contribution in [2.75, 3.05) is 6.54 Å². The van der Waals surface area contributed by atoms with Gasteiger partial charge in [-0.25, -0.2) is 13.4 Å². The van der Waals surface area contributed by atoms with Crippen LogP contribution in [0.5, 0.6) is 0 Å². The zero-order valence-electron chi connectivity index (χ0n) is 8.85. The van der Waals surface area contributed by atoms with Gasteiger partial charge in [-0.3, -0.25) is 4.79 Å². The highest BCUT2D eigenvalue weighted by Crippen LogP contribution is 2.26. The second-order valence-corrected chi connectivity index (χ2v) is 5.24. The van der Waals surface area contributed by atoms with E-state index < -0.39 is 32.6 Å². The maximum atomic E-state index is 13.4. The van der Waals surface area contributed by atoms with E-state index in [1.807, 2.05) is 0 Å². The molecule has 8 heteroatoms. The van der Waals surface area contributed by atoms with Gasteiger partial charge in [-0.05, 0) is 12.1 Å². The van der Waals surface area contributed by atoms with Crippen molar-refractivity contribution in [2.45, 2.75) is 17.2 Å². The number of halogens is 2. The smallest absolute Gasteiger partial charge is 0.349 e. The minimum absolute atomic E-state index is 0.727. The van der Waals surface area contributed by atoms with Crippen LogP contribution < -0.4 is 5.32 Å². The van der Waals surface area contributed by atoms with Crippen molar-refractivity contribution in [1.82, 2.24) is 10.3 Å². The first-order valence-corrected chi connectivity index (χ1v) is 6.03. The third-order valence-corrected chi connectivity index (χ3v) is 3.57. The van der Waals surface area contributed by atoms with Crippen LogP contribution in [0.3, 0.4) is 0 Å². The monoisotopic (exact) mass is 264 g/mol. The number of alkyl halides is 2. The summed E-state index contributed by atoms with van der Waals surface area (Å²) in [5.74, 6) is -0.735. The Morgan fingerprint density at radius 3 is 2.59 bits per heavy atom. The van der Waals surface area contributed by atoms with Crippen LogP contribution in [0.15, 0.2) is 29.4 Å². The molecule has 0 fully saturated rings. The van der Waals surface area contributed by atoms with Crippen LogP contribution in [0, 0.1) is 0 Å². The van der Waals surface area contributed by atoms with Gasteiger partial charge in [0.05, 0.1) is 6.54 Å². The van der Waals surface area contributed by atoms with E-state index in [0.29, 0.717) is 0 Å². The van der Waals surface area contributed by atoms with Gasteiger partial charge in [0.2, 0.25) is 5.91 Å². The fourth-order valence-corrected chi connectivity index (χ4v) is 2.01. The van der Waals surface area contributed by atoms with Gasteiger partial charge >= 0.3 is 5.25 Å². The highest BCUT2D eigenvalue weighted by Gasteiger charge is 2.46. The second-order valence-electron chi connectivity index (χ2n) is 3.22. The summed E-state index contributed by atoms with van der Waals surface area (Å²) in [6, 6.07) is 3.66. The second kappa shape index (κ2) is 4.74. The number of amides is 1. The highest BCUT2D eigenvalue weighted by atomic mass is 32.2. The van der Waals surface area contributed by atoms with E-state index in [1.54, 1.807) is 5.32 Å². The van der Waals surface area contributed by atoms with Gasteiger partial charge < -0.3 is 5.32 Å². The molecule has 0 spiro atoms. The molecular formula is C9H10F2N2O3S. The molecule has 0 unspecified atom stereocenters. The van der Waals surface area contributed by atoms with Crippen molar-refractivity contribution >= 4 is 15.7 Å². The van der Waals surface area contributed by atoms with E-state index in [4.69, 9.17) is 0 Å². The predicted octanol–water partition coefficient (Wildman–Crippen LogP) is 0.584. The van der Waals surface area contributed by atoms with Gasteiger partial charge in [0.25, 0.3) is 9.84 Å². The number of aromatic nitrogens is 1. The van der Waals surface area contributed by atoms with E-state index in [1.165, 1.54) is 12.1 Å². The Hall–Kier alpha value is -1.57. The number of hydrogen-bond donors (Lipinski definition) is 1. The predicted molar refractivity (Wildman–Crippen MR) is 55.1 cm³/mol. The number of nitrogens with zero attached hydrogens (tertiary/aromatic N) is 1. The van der Waals surface area contributed by atoms with E-state index in [2.05, 4.69) is 4.98 Å². The Kier molecular flexibility index (Phi) is 3.76. The molecule has 1 aromatic rings. The molecule has 0 aliphatic rings. The Morgan fingerprint density at radius 1 is 1.47 bits per heavy atom. The van der Waals surface area contributed by atoms with Gasteiger partial charge in [-0.15, -0.1) is 0 Å². The van der Waals surface area contributed by atoms with Crippen molar-refractivity contribution in [3.63, 3.8) is 0 Å². The van der Waals surface area contributed by atoms with Gasteiger partial charge in [-0.1, -0.05) is 6.07 Å². The molecule has 94 valence electrons.